The van der Waals surface area contributed by atoms with Crippen LogP contribution >= 0.6 is 0 Å². The van der Waals surface area contributed by atoms with Gasteiger partial charge in [0.1, 0.15) is 5.75 Å². The highest BCUT2D eigenvalue weighted by atomic mass is 16.5. The zero-order chi connectivity index (χ0) is 19.6. The molecule has 3 aromatic rings. The molecule has 27 heavy (non-hydrogen) atoms. The van der Waals surface area contributed by atoms with E-state index in [-0.39, 0.29) is 0 Å². The zero-order valence-electron chi connectivity index (χ0n) is 16.1. The normalized spacial score (nSPS) is 10.6. The van der Waals surface area contributed by atoms with Gasteiger partial charge in [-0.2, -0.15) is 0 Å². The standard InChI is InChI=1S/C20H23N3O4/c1-23-11-22-18(19(23)12-6-7-15(24-2)14(21)8-12)13-9-16(25-3)20(27-5)17(10-13)26-4/h6-11H,21H2,1-5H3. The molecule has 0 radical (unpaired) electrons. The Bertz CT molecular complexity index is 941. The number of hydrogen-bond donors (Lipinski definition) is 1. The van der Waals surface area contributed by atoms with Crippen LogP contribution < -0.4 is 24.7 Å². The number of benzene rings is 2. The van der Waals surface area contributed by atoms with Gasteiger partial charge in [-0.3, -0.25) is 0 Å². The van der Waals surface area contributed by atoms with Crippen LogP contribution in [0.2, 0.25) is 0 Å². The molecule has 2 aromatic carbocycles. The maximum Gasteiger partial charge on any atom is 0.203 e. The van der Waals surface area contributed by atoms with E-state index in [1.54, 1.807) is 34.8 Å². The number of nitrogens with two attached hydrogens (primary N) is 1. The quantitative estimate of drug-likeness (QED) is 0.671. The summed E-state index contributed by atoms with van der Waals surface area (Å²) < 4.78 is 23.5. The second-order valence-corrected chi connectivity index (χ2v) is 5.92. The van der Waals surface area contributed by atoms with Crippen molar-refractivity contribution in [3.8, 4) is 45.5 Å². The van der Waals surface area contributed by atoms with Gasteiger partial charge in [-0.25, -0.2) is 4.98 Å². The number of hydrogen-bond acceptors (Lipinski definition) is 6. The molecule has 0 bridgehead atoms. The van der Waals surface area contributed by atoms with Gasteiger partial charge in [0, 0.05) is 18.2 Å². The molecule has 0 fully saturated rings. The molecule has 0 saturated carbocycles. The fraction of sp³-hybridized carbons (Fsp3) is 0.250. The van der Waals surface area contributed by atoms with Gasteiger partial charge in [-0.15, -0.1) is 0 Å². The first-order valence-electron chi connectivity index (χ1n) is 8.29. The smallest absolute Gasteiger partial charge is 0.203 e. The highest BCUT2D eigenvalue weighted by Crippen LogP contribution is 2.43. The maximum atomic E-state index is 6.09. The van der Waals surface area contributed by atoms with Crippen LogP contribution in [0.15, 0.2) is 36.7 Å². The predicted molar refractivity (Wildman–Crippen MR) is 105 cm³/mol. The zero-order valence-corrected chi connectivity index (χ0v) is 16.1. The Labute approximate surface area is 158 Å². The first-order chi connectivity index (χ1) is 13.0. The molecule has 0 aliphatic carbocycles. The van der Waals surface area contributed by atoms with Gasteiger partial charge >= 0.3 is 0 Å². The highest BCUT2D eigenvalue weighted by Gasteiger charge is 2.19. The lowest BCUT2D eigenvalue weighted by Crippen LogP contribution is -1.98. The molecule has 0 atom stereocenters. The van der Waals surface area contributed by atoms with Gasteiger partial charge in [-0.05, 0) is 30.3 Å². The Morgan fingerprint density at radius 2 is 1.44 bits per heavy atom. The summed E-state index contributed by atoms with van der Waals surface area (Å²) in [7, 11) is 8.28. The molecule has 0 aliphatic heterocycles. The molecule has 142 valence electrons. The molecule has 2 N–H and O–H groups in total. The summed E-state index contributed by atoms with van der Waals surface area (Å²) in [4.78, 5) is 4.58. The molecule has 0 unspecified atom stereocenters. The van der Waals surface area contributed by atoms with Crippen LogP contribution in [-0.2, 0) is 7.05 Å². The summed E-state index contributed by atoms with van der Waals surface area (Å²) in [6, 6.07) is 9.42. The first kappa shape index (κ1) is 18.4. The van der Waals surface area contributed by atoms with Gasteiger partial charge < -0.3 is 29.2 Å². The minimum Gasteiger partial charge on any atom is -0.495 e. The van der Waals surface area contributed by atoms with Crippen LogP contribution in [0.1, 0.15) is 0 Å². The Balaban J connectivity index is 2.19. The number of nitrogens with zero attached hydrogens (tertiary/aromatic N) is 2. The molecule has 0 spiro atoms. The highest BCUT2D eigenvalue weighted by molar-refractivity contribution is 5.82. The van der Waals surface area contributed by atoms with Crippen LogP contribution in [0.25, 0.3) is 22.5 Å². The van der Waals surface area contributed by atoms with E-state index in [1.165, 1.54) is 0 Å². The van der Waals surface area contributed by atoms with Gasteiger partial charge in [0.25, 0.3) is 0 Å². The Morgan fingerprint density at radius 1 is 0.815 bits per heavy atom. The van der Waals surface area contributed by atoms with E-state index < -0.39 is 0 Å². The molecule has 3 rings (SSSR count). The predicted octanol–water partition coefficient (Wildman–Crippen LogP) is 3.37. The van der Waals surface area contributed by atoms with Crippen molar-refractivity contribution in [3.63, 3.8) is 0 Å². The molecule has 7 heteroatoms. The van der Waals surface area contributed by atoms with E-state index >= 15 is 0 Å². The number of rotatable bonds is 6. The van der Waals surface area contributed by atoms with E-state index in [1.807, 2.05) is 41.9 Å². The summed E-state index contributed by atoms with van der Waals surface area (Å²) in [5.41, 5.74) is 10.1. The van der Waals surface area contributed by atoms with E-state index in [4.69, 9.17) is 24.7 Å². The summed E-state index contributed by atoms with van der Waals surface area (Å²) in [6.07, 6.45) is 1.76. The number of imidazole rings is 1. The van der Waals surface area contributed by atoms with Crippen LogP contribution in [0.5, 0.6) is 23.0 Å². The molecule has 0 saturated heterocycles. The van der Waals surface area contributed by atoms with Crippen LogP contribution in [0, 0.1) is 0 Å². The van der Waals surface area contributed by atoms with Gasteiger partial charge in [0.2, 0.25) is 5.75 Å². The maximum absolute atomic E-state index is 6.09. The molecular weight excluding hydrogens is 346 g/mol. The number of nitrogen functional groups attached to an aromatic ring is 1. The average Bonchev–Trinajstić information content (AvgIpc) is 3.08. The summed E-state index contributed by atoms with van der Waals surface area (Å²) in [5.74, 6) is 2.31. The molecule has 1 aromatic heterocycles. The SMILES string of the molecule is COc1ccc(-c2c(-c3cc(OC)c(OC)c(OC)c3)ncn2C)cc1N. The second-order valence-electron chi connectivity index (χ2n) is 5.92. The largest absolute Gasteiger partial charge is 0.495 e. The topological polar surface area (TPSA) is 80.8 Å². The van der Waals surface area contributed by atoms with Crippen molar-refractivity contribution in [1.82, 2.24) is 9.55 Å². The van der Waals surface area contributed by atoms with Crippen molar-refractivity contribution >= 4 is 5.69 Å². The average molecular weight is 369 g/mol. The van der Waals surface area contributed by atoms with E-state index in [2.05, 4.69) is 4.98 Å². The number of anilines is 1. The molecular formula is C20H23N3O4. The third-order valence-electron chi connectivity index (χ3n) is 4.38. The fourth-order valence-electron chi connectivity index (χ4n) is 3.08. The lowest BCUT2D eigenvalue weighted by molar-refractivity contribution is 0.324. The van der Waals surface area contributed by atoms with Crippen LogP contribution in [0.4, 0.5) is 5.69 Å². The Hall–Kier alpha value is -3.35. The van der Waals surface area contributed by atoms with Crippen molar-refractivity contribution in [2.75, 3.05) is 34.2 Å². The van der Waals surface area contributed by atoms with Crippen molar-refractivity contribution < 1.29 is 18.9 Å². The third-order valence-corrected chi connectivity index (χ3v) is 4.38. The second kappa shape index (κ2) is 7.49. The summed E-state index contributed by atoms with van der Waals surface area (Å²) >= 11 is 0. The molecule has 1 heterocycles. The van der Waals surface area contributed by atoms with Gasteiger partial charge in [0.05, 0.1) is 51.8 Å². The lowest BCUT2D eigenvalue weighted by atomic mass is 10.0. The number of ether oxygens (including phenoxy) is 4. The van der Waals surface area contributed by atoms with E-state index in [0.717, 1.165) is 22.5 Å². The third kappa shape index (κ3) is 3.23. The Morgan fingerprint density at radius 3 is 1.96 bits per heavy atom. The minimum atomic E-state index is 0.537. The molecule has 0 aliphatic rings. The summed E-state index contributed by atoms with van der Waals surface area (Å²) in [6.45, 7) is 0. The molecule has 7 nitrogen and oxygen atoms in total. The van der Waals surface area contributed by atoms with Crippen molar-refractivity contribution in [2.45, 2.75) is 0 Å². The van der Waals surface area contributed by atoms with E-state index in [9.17, 15) is 0 Å². The van der Waals surface area contributed by atoms with Gasteiger partial charge in [0.15, 0.2) is 11.5 Å². The monoisotopic (exact) mass is 369 g/mol. The lowest BCUT2D eigenvalue weighted by Gasteiger charge is -2.15. The van der Waals surface area contributed by atoms with E-state index in [0.29, 0.717) is 28.7 Å². The van der Waals surface area contributed by atoms with Crippen molar-refractivity contribution in [1.29, 1.82) is 0 Å². The number of aryl methyl sites for hydroxylation is 1. The fourth-order valence-corrected chi connectivity index (χ4v) is 3.08. The summed E-state index contributed by atoms with van der Waals surface area (Å²) in [5, 5.41) is 0. The Kier molecular flexibility index (Phi) is 5.12. The minimum absolute atomic E-state index is 0.537. The van der Waals surface area contributed by atoms with Gasteiger partial charge in [-0.1, -0.05) is 0 Å². The molecule has 0 amide bonds. The first-order valence-corrected chi connectivity index (χ1v) is 8.29. The number of methoxy groups -OCH3 is 4. The number of aromatic nitrogens is 2. The van der Waals surface area contributed by atoms with Crippen molar-refractivity contribution in [3.05, 3.63) is 36.7 Å². The van der Waals surface area contributed by atoms with Crippen LogP contribution in [-0.4, -0.2) is 38.0 Å². The van der Waals surface area contributed by atoms with Crippen molar-refractivity contribution in [2.24, 2.45) is 7.05 Å². The van der Waals surface area contributed by atoms with Crippen LogP contribution in [0.3, 0.4) is 0 Å².